The number of aromatic amines is 1. The number of carbonyl (C=O) groups is 2. The van der Waals surface area contributed by atoms with Crippen LogP contribution in [0.25, 0.3) is 0 Å². The van der Waals surface area contributed by atoms with E-state index < -0.39 is 0 Å². The van der Waals surface area contributed by atoms with Crippen LogP contribution < -0.4 is 5.56 Å². The summed E-state index contributed by atoms with van der Waals surface area (Å²) < 4.78 is 0. The average molecular weight is 450 g/mol. The van der Waals surface area contributed by atoms with Crippen molar-refractivity contribution in [1.29, 1.82) is 0 Å². The summed E-state index contributed by atoms with van der Waals surface area (Å²) in [4.78, 5) is 54.4. The monoisotopic (exact) mass is 449 g/mol. The molecule has 3 aliphatic rings. The van der Waals surface area contributed by atoms with Crippen molar-refractivity contribution in [3.63, 3.8) is 0 Å². The van der Waals surface area contributed by atoms with E-state index in [4.69, 9.17) is 0 Å². The van der Waals surface area contributed by atoms with Crippen molar-refractivity contribution in [2.24, 2.45) is 0 Å². The fourth-order valence-corrected chi connectivity index (χ4v) is 5.36. The molecule has 8 heteroatoms. The van der Waals surface area contributed by atoms with Gasteiger partial charge in [-0.25, -0.2) is 9.97 Å². The number of hydrogen-bond acceptors (Lipinski definition) is 5. The zero-order valence-corrected chi connectivity index (χ0v) is 19.2. The maximum atomic E-state index is 13.3. The van der Waals surface area contributed by atoms with Crippen LogP contribution in [0.15, 0.2) is 17.1 Å². The highest BCUT2D eigenvalue weighted by Crippen LogP contribution is 2.27. The second kappa shape index (κ2) is 9.08. The second-order valence-corrected chi connectivity index (χ2v) is 9.54. The van der Waals surface area contributed by atoms with Gasteiger partial charge in [-0.3, -0.25) is 14.4 Å². The lowest BCUT2D eigenvalue weighted by atomic mass is 9.94. The lowest BCUT2D eigenvalue weighted by Crippen LogP contribution is -2.42. The largest absolute Gasteiger partial charge is 0.339 e. The number of aryl methyl sites for hydroxylation is 3. The smallest absolute Gasteiger partial charge is 0.261 e. The third-order valence-corrected chi connectivity index (χ3v) is 7.26. The van der Waals surface area contributed by atoms with Crippen LogP contribution in [-0.4, -0.2) is 62.7 Å². The molecule has 0 radical (unpaired) electrons. The number of nitrogens with zero attached hydrogens (tertiary/aromatic N) is 4. The summed E-state index contributed by atoms with van der Waals surface area (Å²) >= 11 is 0. The second-order valence-electron chi connectivity index (χ2n) is 9.54. The molecule has 1 N–H and O–H groups in total. The van der Waals surface area contributed by atoms with Crippen molar-refractivity contribution in [2.75, 3.05) is 26.2 Å². The number of rotatable bonds is 3. The molecule has 0 spiro atoms. The number of nitrogens with one attached hydrogen (secondary N) is 1. The van der Waals surface area contributed by atoms with E-state index in [1.807, 2.05) is 11.8 Å². The summed E-state index contributed by atoms with van der Waals surface area (Å²) in [6.07, 6.45) is 9.39. The summed E-state index contributed by atoms with van der Waals surface area (Å²) in [5, 5.41) is 0. The number of fused-ring (bicyclic) bond motifs is 1. The number of piperidine rings is 1. The Balaban J connectivity index is 1.33. The minimum Gasteiger partial charge on any atom is -0.339 e. The molecule has 2 amide bonds. The average Bonchev–Trinajstić information content (AvgIpc) is 3.38. The Kier molecular flexibility index (Phi) is 6.00. The standard InChI is InChI=1S/C25H31N5O3/c1-16-20(25(33)29-10-4-5-11-29)14-26-22(27-16)18-8-6-12-30(15-18)24(32)19-13-17-7-2-3-9-21(17)28-23(19)31/h13-14,18H,2-12,15H2,1H3,(H,28,31)/t18-/m1/s1. The van der Waals surface area contributed by atoms with E-state index in [1.54, 1.807) is 17.2 Å². The molecular weight excluding hydrogens is 418 g/mol. The van der Waals surface area contributed by atoms with Crippen molar-refractivity contribution in [1.82, 2.24) is 24.8 Å². The maximum absolute atomic E-state index is 13.3. The molecular formula is C25H31N5O3. The molecule has 2 aromatic rings. The molecule has 2 saturated heterocycles. The highest BCUT2D eigenvalue weighted by atomic mass is 16.2. The lowest BCUT2D eigenvalue weighted by Gasteiger charge is -2.32. The quantitative estimate of drug-likeness (QED) is 0.777. The molecule has 2 fully saturated rings. The zero-order chi connectivity index (χ0) is 22.9. The van der Waals surface area contributed by atoms with Crippen molar-refractivity contribution < 1.29 is 9.59 Å². The number of H-pyrrole nitrogens is 1. The first-order chi connectivity index (χ1) is 16.0. The van der Waals surface area contributed by atoms with Gasteiger partial charge in [-0.2, -0.15) is 0 Å². The number of pyridine rings is 1. The van der Waals surface area contributed by atoms with Crippen LogP contribution in [0, 0.1) is 6.92 Å². The van der Waals surface area contributed by atoms with E-state index in [0.717, 1.165) is 75.7 Å². The van der Waals surface area contributed by atoms with Gasteiger partial charge in [0.2, 0.25) is 0 Å². The van der Waals surface area contributed by atoms with Crippen LogP contribution in [0.2, 0.25) is 0 Å². The topological polar surface area (TPSA) is 99.3 Å². The van der Waals surface area contributed by atoms with Gasteiger partial charge in [-0.15, -0.1) is 0 Å². The molecule has 0 unspecified atom stereocenters. The number of carbonyl (C=O) groups excluding carboxylic acids is 2. The maximum Gasteiger partial charge on any atom is 0.261 e. The summed E-state index contributed by atoms with van der Waals surface area (Å²) in [5.41, 5.74) is 3.26. The van der Waals surface area contributed by atoms with E-state index in [0.29, 0.717) is 30.2 Å². The lowest BCUT2D eigenvalue weighted by molar-refractivity contribution is 0.0702. The fraction of sp³-hybridized carbons (Fsp3) is 0.560. The predicted octanol–water partition coefficient (Wildman–Crippen LogP) is 2.61. The first-order valence-corrected chi connectivity index (χ1v) is 12.2. The first-order valence-electron chi connectivity index (χ1n) is 12.2. The van der Waals surface area contributed by atoms with Crippen molar-refractivity contribution in [3.05, 3.63) is 56.5 Å². The van der Waals surface area contributed by atoms with Gasteiger partial charge < -0.3 is 14.8 Å². The molecule has 174 valence electrons. The molecule has 8 nitrogen and oxygen atoms in total. The third kappa shape index (κ3) is 4.30. The Morgan fingerprint density at radius 1 is 0.970 bits per heavy atom. The van der Waals surface area contributed by atoms with Crippen LogP contribution in [-0.2, 0) is 12.8 Å². The molecule has 1 aliphatic carbocycles. The molecule has 2 aromatic heterocycles. The molecule has 1 atom stereocenters. The summed E-state index contributed by atoms with van der Waals surface area (Å²) in [6, 6.07) is 1.80. The molecule has 5 rings (SSSR count). The molecule has 2 aliphatic heterocycles. The Hall–Kier alpha value is -3.03. The van der Waals surface area contributed by atoms with E-state index in [9.17, 15) is 14.4 Å². The molecule has 4 heterocycles. The minimum absolute atomic E-state index is 0.00336. The SMILES string of the molecule is Cc1nc([C@@H]2CCCN(C(=O)c3cc4c([nH]c3=O)CCCC4)C2)ncc1C(=O)N1CCCC1. The third-order valence-electron chi connectivity index (χ3n) is 7.26. The highest BCUT2D eigenvalue weighted by Gasteiger charge is 2.30. The van der Waals surface area contributed by atoms with E-state index in [2.05, 4.69) is 15.0 Å². The van der Waals surface area contributed by atoms with E-state index in [1.165, 1.54) is 0 Å². The highest BCUT2D eigenvalue weighted by molar-refractivity contribution is 5.95. The minimum atomic E-state index is -0.292. The van der Waals surface area contributed by atoms with Gasteiger partial charge in [-0.05, 0) is 69.9 Å². The van der Waals surface area contributed by atoms with Crippen LogP contribution in [0.5, 0.6) is 0 Å². The van der Waals surface area contributed by atoms with E-state index >= 15 is 0 Å². The number of aromatic nitrogens is 3. The molecule has 0 saturated carbocycles. The van der Waals surface area contributed by atoms with Crippen LogP contribution in [0.1, 0.15) is 87.9 Å². The summed E-state index contributed by atoms with van der Waals surface area (Å²) in [7, 11) is 0. The van der Waals surface area contributed by atoms with Gasteiger partial charge in [0.15, 0.2) is 0 Å². The number of likely N-dealkylation sites (tertiary alicyclic amines) is 2. The summed E-state index contributed by atoms with van der Waals surface area (Å²) in [6.45, 7) is 4.54. The normalized spacial score (nSPS) is 20.6. The molecule has 0 bridgehead atoms. The molecule has 33 heavy (non-hydrogen) atoms. The fourth-order valence-electron chi connectivity index (χ4n) is 5.36. The van der Waals surface area contributed by atoms with Crippen LogP contribution >= 0.6 is 0 Å². The van der Waals surface area contributed by atoms with E-state index in [-0.39, 0.29) is 28.9 Å². The number of hydrogen-bond donors (Lipinski definition) is 1. The van der Waals surface area contributed by atoms with Crippen molar-refractivity contribution in [2.45, 2.75) is 64.2 Å². The summed E-state index contributed by atoms with van der Waals surface area (Å²) in [5.74, 6) is 0.451. The Bertz CT molecular complexity index is 1140. The Morgan fingerprint density at radius 3 is 2.48 bits per heavy atom. The number of amides is 2. The van der Waals surface area contributed by atoms with Crippen LogP contribution in [0.3, 0.4) is 0 Å². The van der Waals surface area contributed by atoms with Gasteiger partial charge in [0.05, 0.1) is 11.3 Å². The van der Waals surface area contributed by atoms with Gasteiger partial charge >= 0.3 is 0 Å². The van der Waals surface area contributed by atoms with Crippen LogP contribution in [0.4, 0.5) is 0 Å². The Labute approximate surface area is 193 Å². The van der Waals surface area contributed by atoms with Gasteiger partial charge in [0.1, 0.15) is 11.4 Å². The Morgan fingerprint density at radius 2 is 1.70 bits per heavy atom. The van der Waals surface area contributed by atoms with Crippen molar-refractivity contribution in [3.8, 4) is 0 Å². The van der Waals surface area contributed by atoms with Gasteiger partial charge in [0, 0.05) is 44.0 Å². The van der Waals surface area contributed by atoms with Gasteiger partial charge in [-0.1, -0.05) is 0 Å². The van der Waals surface area contributed by atoms with Crippen molar-refractivity contribution >= 4 is 11.8 Å². The van der Waals surface area contributed by atoms with Gasteiger partial charge in [0.25, 0.3) is 17.4 Å². The predicted molar refractivity (Wildman–Crippen MR) is 123 cm³/mol. The zero-order valence-electron chi connectivity index (χ0n) is 19.2. The first kappa shape index (κ1) is 21.8. The molecule has 0 aromatic carbocycles.